The number of hydrogen-bond acceptors (Lipinski definition) is 5. The molecule has 0 atom stereocenters. The summed E-state index contributed by atoms with van der Waals surface area (Å²) in [5.41, 5.74) is 5.36. The Hall–Kier alpha value is -0.473. The lowest BCUT2D eigenvalue weighted by Crippen LogP contribution is -2.57. The van der Waals surface area contributed by atoms with Gasteiger partial charge in [-0.3, -0.25) is 9.69 Å². The Bertz CT molecular complexity index is 279. The standard InChI is InChI=1S/C13H28N2O4Si/c1-4-17-20(18-5-2,19-6-3)11-15-9-7-12(8-10-15)13(14)16/h12H,4-11H2,1-3H3,(H2,14,16). The molecule has 0 aliphatic carbocycles. The largest absolute Gasteiger partial charge is 0.515 e. The fourth-order valence-electron chi connectivity index (χ4n) is 2.57. The number of nitrogens with two attached hydrogens (primary N) is 1. The highest BCUT2D eigenvalue weighted by molar-refractivity contribution is 6.60. The van der Waals surface area contributed by atoms with Gasteiger partial charge in [0.2, 0.25) is 5.91 Å². The van der Waals surface area contributed by atoms with Crippen molar-refractivity contribution in [3.05, 3.63) is 0 Å². The molecule has 0 spiro atoms. The van der Waals surface area contributed by atoms with E-state index in [1.165, 1.54) is 0 Å². The maximum atomic E-state index is 11.2. The molecule has 20 heavy (non-hydrogen) atoms. The van der Waals surface area contributed by atoms with Crippen LogP contribution in [0.4, 0.5) is 0 Å². The summed E-state index contributed by atoms with van der Waals surface area (Å²) < 4.78 is 17.5. The Kier molecular flexibility index (Phi) is 7.68. The number of carbonyl (C=O) groups is 1. The predicted molar refractivity (Wildman–Crippen MR) is 79.0 cm³/mol. The van der Waals surface area contributed by atoms with Crippen LogP contribution in [-0.4, -0.2) is 58.7 Å². The van der Waals surface area contributed by atoms with Crippen molar-refractivity contribution in [1.82, 2.24) is 4.90 Å². The highest BCUT2D eigenvalue weighted by atomic mass is 28.4. The summed E-state index contributed by atoms with van der Waals surface area (Å²) in [5, 5.41) is 0. The van der Waals surface area contributed by atoms with Crippen molar-refractivity contribution in [2.24, 2.45) is 11.7 Å². The predicted octanol–water partition coefficient (Wildman–Crippen LogP) is 0.771. The molecular formula is C13H28N2O4Si. The van der Waals surface area contributed by atoms with E-state index in [-0.39, 0.29) is 11.8 Å². The van der Waals surface area contributed by atoms with Gasteiger partial charge >= 0.3 is 8.80 Å². The van der Waals surface area contributed by atoms with Gasteiger partial charge in [0.05, 0.1) is 6.17 Å². The lowest BCUT2D eigenvalue weighted by molar-refractivity contribution is -0.123. The molecule has 118 valence electrons. The zero-order valence-electron chi connectivity index (χ0n) is 12.9. The smallest absolute Gasteiger partial charge is 0.373 e. The average Bonchev–Trinajstić information content (AvgIpc) is 2.40. The van der Waals surface area contributed by atoms with Gasteiger partial charge in [-0.2, -0.15) is 0 Å². The molecule has 6 nitrogen and oxygen atoms in total. The second-order valence-corrected chi connectivity index (χ2v) is 7.48. The summed E-state index contributed by atoms with van der Waals surface area (Å²) in [5.74, 6) is -0.179. The van der Waals surface area contributed by atoms with Crippen molar-refractivity contribution in [1.29, 1.82) is 0 Å². The normalized spacial score (nSPS) is 18.4. The minimum Gasteiger partial charge on any atom is -0.373 e. The molecule has 0 aromatic rings. The summed E-state index contributed by atoms with van der Waals surface area (Å²) in [6.45, 7) is 9.32. The second-order valence-electron chi connectivity index (χ2n) is 4.93. The van der Waals surface area contributed by atoms with Crippen molar-refractivity contribution < 1.29 is 18.1 Å². The van der Waals surface area contributed by atoms with Crippen molar-refractivity contribution >= 4 is 14.7 Å². The first-order chi connectivity index (χ1) is 9.56. The van der Waals surface area contributed by atoms with E-state index < -0.39 is 8.80 Å². The van der Waals surface area contributed by atoms with Gasteiger partial charge < -0.3 is 19.0 Å². The molecule has 0 aromatic heterocycles. The summed E-state index contributed by atoms with van der Waals surface area (Å²) >= 11 is 0. The quantitative estimate of drug-likeness (QED) is 0.637. The molecule has 1 heterocycles. The van der Waals surface area contributed by atoms with Crippen LogP contribution in [0.3, 0.4) is 0 Å². The van der Waals surface area contributed by atoms with E-state index in [0.717, 1.165) is 25.9 Å². The molecule has 0 bridgehead atoms. The van der Waals surface area contributed by atoms with Crippen LogP contribution in [0.15, 0.2) is 0 Å². The van der Waals surface area contributed by atoms with Gasteiger partial charge in [0.25, 0.3) is 0 Å². The van der Waals surface area contributed by atoms with Crippen LogP contribution in [-0.2, 0) is 18.1 Å². The number of piperidine rings is 1. The van der Waals surface area contributed by atoms with Crippen molar-refractivity contribution in [2.75, 3.05) is 39.1 Å². The third kappa shape index (κ3) is 5.14. The summed E-state index contributed by atoms with van der Waals surface area (Å²) in [4.78, 5) is 13.5. The first kappa shape index (κ1) is 17.6. The molecule has 1 saturated heterocycles. The van der Waals surface area contributed by atoms with Crippen LogP contribution in [0.5, 0.6) is 0 Å². The summed E-state index contributed by atoms with van der Waals surface area (Å²) in [7, 11) is -2.62. The minimum absolute atomic E-state index is 0.00796. The van der Waals surface area contributed by atoms with Crippen LogP contribution < -0.4 is 5.73 Å². The highest BCUT2D eigenvalue weighted by Gasteiger charge is 2.43. The maximum absolute atomic E-state index is 11.2. The average molecular weight is 304 g/mol. The van der Waals surface area contributed by atoms with Crippen LogP contribution in [0.1, 0.15) is 33.6 Å². The first-order valence-corrected chi connectivity index (χ1v) is 9.43. The third-order valence-corrected chi connectivity index (χ3v) is 6.52. The number of carbonyl (C=O) groups excluding carboxylic acids is 1. The molecular weight excluding hydrogens is 276 g/mol. The molecule has 1 aliphatic heterocycles. The molecule has 7 heteroatoms. The highest BCUT2D eigenvalue weighted by Crippen LogP contribution is 2.20. The van der Waals surface area contributed by atoms with Crippen molar-refractivity contribution in [3.63, 3.8) is 0 Å². The lowest BCUT2D eigenvalue weighted by atomic mass is 9.97. The topological polar surface area (TPSA) is 74.0 Å². The molecule has 0 radical (unpaired) electrons. The van der Waals surface area contributed by atoms with E-state index in [1.54, 1.807) is 0 Å². The number of rotatable bonds is 9. The van der Waals surface area contributed by atoms with E-state index in [1.807, 2.05) is 20.8 Å². The van der Waals surface area contributed by atoms with Crippen LogP contribution in [0.25, 0.3) is 0 Å². The maximum Gasteiger partial charge on any atom is 0.515 e. The third-order valence-electron chi connectivity index (χ3n) is 3.50. The molecule has 1 amide bonds. The molecule has 2 N–H and O–H groups in total. The van der Waals surface area contributed by atoms with Gasteiger partial charge in [-0.25, -0.2) is 0 Å². The fraction of sp³-hybridized carbons (Fsp3) is 0.923. The minimum atomic E-state index is -2.62. The van der Waals surface area contributed by atoms with E-state index in [2.05, 4.69) is 4.90 Å². The van der Waals surface area contributed by atoms with Crippen LogP contribution >= 0.6 is 0 Å². The molecule has 0 aromatic carbocycles. The van der Waals surface area contributed by atoms with E-state index in [9.17, 15) is 4.79 Å². The molecule has 0 saturated carbocycles. The van der Waals surface area contributed by atoms with Crippen LogP contribution in [0.2, 0.25) is 0 Å². The van der Waals surface area contributed by atoms with Crippen LogP contribution in [0, 0.1) is 5.92 Å². The monoisotopic (exact) mass is 304 g/mol. The van der Waals surface area contributed by atoms with Gasteiger partial charge in [0.15, 0.2) is 0 Å². The number of primary amides is 1. The first-order valence-electron chi connectivity index (χ1n) is 7.50. The number of likely N-dealkylation sites (tertiary alicyclic amines) is 1. The molecule has 0 unspecified atom stereocenters. The van der Waals surface area contributed by atoms with Crippen molar-refractivity contribution in [2.45, 2.75) is 33.6 Å². The van der Waals surface area contributed by atoms with Gasteiger partial charge in [0, 0.05) is 25.7 Å². The van der Waals surface area contributed by atoms with Gasteiger partial charge in [-0.1, -0.05) is 0 Å². The molecule has 1 aliphatic rings. The Labute approximate surface area is 122 Å². The zero-order valence-corrected chi connectivity index (χ0v) is 13.9. The second kappa shape index (κ2) is 8.73. The van der Waals surface area contributed by atoms with Gasteiger partial charge in [0.1, 0.15) is 0 Å². The fourth-order valence-corrected chi connectivity index (χ4v) is 5.28. The SMILES string of the molecule is CCO[Si](CN1CCC(C(N)=O)CC1)(OCC)OCC. The van der Waals surface area contributed by atoms with E-state index in [4.69, 9.17) is 19.0 Å². The van der Waals surface area contributed by atoms with Gasteiger partial charge in [-0.15, -0.1) is 0 Å². The Balaban J connectivity index is 2.58. The number of hydrogen-bond donors (Lipinski definition) is 1. The molecule has 1 rings (SSSR count). The van der Waals surface area contributed by atoms with E-state index in [0.29, 0.717) is 26.0 Å². The number of amides is 1. The molecule has 1 fully saturated rings. The van der Waals surface area contributed by atoms with Crippen molar-refractivity contribution in [3.8, 4) is 0 Å². The summed E-state index contributed by atoms with van der Waals surface area (Å²) in [6, 6.07) is 0. The van der Waals surface area contributed by atoms with E-state index >= 15 is 0 Å². The van der Waals surface area contributed by atoms with Gasteiger partial charge in [-0.05, 0) is 46.7 Å². The Morgan fingerprint density at radius 3 is 1.90 bits per heavy atom. The number of nitrogens with zero attached hydrogens (tertiary/aromatic N) is 1. The Morgan fingerprint density at radius 2 is 1.55 bits per heavy atom. The zero-order chi connectivity index (χ0) is 15.0. The Morgan fingerprint density at radius 1 is 1.10 bits per heavy atom. The summed E-state index contributed by atoms with van der Waals surface area (Å²) in [6.07, 6.45) is 2.31. The lowest BCUT2D eigenvalue weighted by Gasteiger charge is -2.36.